The van der Waals surface area contributed by atoms with E-state index in [0.717, 1.165) is 64.3 Å². The molecule has 2 atom stereocenters. The Morgan fingerprint density at radius 1 is 1.23 bits per heavy atom. The van der Waals surface area contributed by atoms with E-state index in [1.807, 2.05) is 0 Å². The van der Waals surface area contributed by atoms with Crippen molar-refractivity contribution in [3.63, 3.8) is 0 Å². The van der Waals surface area contributed by atoms with Crippen LogP contribution in [0.25, 0.3) is 0 Å². The van der Waals surface area contributed by atoms with Gasteiger partial charge in [-0.1, -0.05) is 6.42 Å². The van der Waals surface area contributed by atoms with Crippen molar-refractivity contribution in [2.45, 2.75) is 64.5 Å². The van der Waals surface area contributed by atoms with E-state index in [2.05, 4.69) is 34.4 Å². The predicted octanol–water partition coefficient (Wildman–Crippen LogP) is 2.62. The molecule has 2 N–H and O–H groups in total. The summed E-state index contributed by atoms with van der Waals surface area (Å²) in [5.74, 6) is 0.929. The number of guanidine groups is 1. The number of aliphatic imine (C=N–C) groups is 1. The summed E-state index contributed by atoms with van der Waals surface area (Å²) in [6, 6.07) is 0.751. The SMILES string of the molecule is CCNC(=NCCCOC1CCOC1)NCCCN1CCCCC1C.I. The summed E-state index contributed by atoms with van der Waals surface area (Å²) < 4.78 is 11.1. The van der Waals surface area contributed by atoms with Crippen molar-refractivity contribution in [3.8, 4) is 0 Å². The first kappa shape index (κ1) is 23.9. The van der Waals surface area contributed by atoms with Gasteiger partial charge in [0.2, 0.25) is 0 Å². The van der Waals surface area contributed by atoms with Crippen molar-refractivity contribution in [3.05, 3.63) is 0 Å². The Balaban J connectivity index is 0.00000338. The van der Waals surface area contributed by atoms with Crippen LogP contribution in [0.5, 0.6) is 0 Å². The summed E-state index contributed by atoms with van der Waals surface area (Å²) in [6.45, 7) is 11.9. The Labute approximate surface area is 176 Å². The number of hydrogen-bond donors (Lipinski definition) is 2. The number of nitrogens with zero attached hydrogens (tertiary/aromatic N) is 2. The lowest BCUT2D eigenvalue weighted by Gasteiger charge is -2.33. The minimum atomic E-state index is 0. The third-order valence-electron chi connectivity index (χ3n) is 5.01. The van der Waals surface area contributed by atoms with E-state index in [4.69, 9.17) is 9.47 Å². The van der Waals surface area contributed by atoms with Gasteiger partial charge in [0.25, 0.3) is 0 Å². The van der Waals surface area contributed by atoms with Crippen LogP contribution >= 0.6 is 24.0 Å². The van der Waals surface area contributed by atoms with E-state index in [1.165, 1.54) is 38.8 Å². The van der Waals surface area contributed by atoms with E-state index in [1.54, 1.807) is 0 Å². The normalized spacial score (nSPS) is 24.3. The third kappa shape index (κ3) is 9.71. The topological polar surface area (TPSA) is 58.1 Å². The maximum absolute atomic E-state index is 5.78. The Kier molecular flexibility index (Phi) is 13.7. The maximum Gasteiger partial charge on any atom is 0.191 e. The van der Waals surface area contributed by atoms with Gasteiger partial charge in [0, 0.05) is 45.4 Å². The minimum absolute atomic E-state index is 0. The lowest BCUT2D eigenvalue weighted by atomic mass is 10.0. The van der Waals surface area contributed by atoms with E-state index in [9.17, 15) is 0 Å². The molecule has 0 saturated carbocycles. The fourth-order valence-corrected chi connectivity index (χ4v) is 3.47. The van der Waals surface area contributed by atoms with Gasteiger partial charge in [0.05, 0.1) is 12.7 Å². The molecule has 0 spiro atoms. The zero-order valence-electron chi connectivity index (χ0n) is 16.7. The van der Waals surface area contributed by atoms with Crippen molar-refractivity contribution >= 4 is 29.9 Å². The van der Waals surface area contributed by atoms with Crippen molar-refractivity contribution in [2.75, 3.05) is 52.5 Å². The number of ether oxygens (including phenoxy) is 2. The molecule has 0 aromatic rings. The van der Waals surface area contributed by atoms with Gasteiger partial charge in [-0.05, 0) is 52.5 Å². The molecule has 26 heavy (non-hydrogen) atoms. The van der Waals surface area contributed by atoms with Gasteiger partial charge in [-0.2, -0.15) is 0 Å². The van der Waals surface area contributed by atoms with Crippen molar-refractivity contribution < 1.29 is 9.47 Å². The molecule has 2 aliphatic heterocycles. The van der Waals surface area contributed by atoms with Gasteiger partial charge >= 0.3 is 0 Å². The molecule has 2 heterocycles. The van der Waals surface area contributed by atoms with Crippen LogP contribution in [0.3, 0.4) is 0 Å². The second kappa shape index (κ2) is 14.9. The van der Waals surface area contributed by atoms with Gasteiger partial charge in [-0.3, -0.25) is 4.99 Å². The molecule has 0 bridgehead atoms. The molecule has 0 radical (unpaired) electrons. The molecule has 2 fully saturated rings. The molecule has 2 rings (SSSR count). The monoisotopic (exact) mass is 482 g/mol. The van der Waals surface area contributed by atoms with Gasteiger partial charge in [-0.15, -0.1) is 24.0 Å². The fourth-order valence-electron chi connectivity index (χ4n) is 3.47. The highest BCUT2D eigenvalue weighted by atomic mass is 127. The Hall–Kier alpha value is -0.120. The Morgan fingerprint density at radius 3 is 2.85 bits per heavy atom. The van der Waals surface area contributed by atoms with E-state index in [-0.39, 0.29) is 24.0 Å². The molecule has 0 amide bonds. The van der Waals surface area contributed by atoms with E-state index < -0.39 is 0 Å². The fraction of sp³-hybridized carbons (Fsp3) is 0.947. The first-order valence-corrected chi connectivity index (χ1v) is 10.2. The molecule has 6 nitrogen and oxygen atoms in total. The average Bonchev–Trinajstić information content (AvgIpc) is 3.13. The second-order valence-electron chi connectivity index (χ2n) is 7.13. The Morgan fingerprint density at radius 2 is 2.12 bits per heavy atom. The van der Waals surface area contributed by atoms with E-state index in [0.29, 0.717) is 6.10 Å². The van der Waals surface area contributed by atoms with Crippen LogP contribution in [0.2, 0.25) is 0 Å². The van der Waals surface area contributed by atoms with Crippen molar-refractivity contribution in [2.24, 2.45) is 4.99 Å². The summed E-state index contributed by atoms with van der Waals surface area (Å²) >= 11 is 0. The first-order valence-electron chi connectivity index (χ1n) is 10.2. The molecule has 154 valence electrons. The highest BCUT2D eigenvalue weighted by Crippen LogP contribution is 2.16. The summed E-state index contributed by atoms with van der Waals surface area (Å²) in [6.07, 6.45) is 7.56. The number of piperidine rings is 1. The molecular formula is C19H39IN4O2. The van der Waals surface area contributed by atoms with Crippen LogP contribution in [0.4, 0.5) is 0 Å². The molecule has 0 aromatic carbocycles. The molecule has 0 aromatic heterocycles. The first-order chi connectivity index (χ1) is 12.3. The van der Waals surface area contributed by atoms with E-state index >= 15 is 0 Å². The second-order valence-corrected chi connectivity index (χ2v) is 7.13. The summed E-state index contributed by atoms with van der Waals surface area (Å²) in [5.41, 5.74) is 0. The van der Waals surface area contributed by atoms with Gasteiger partial charge < -0.3 is 25.0 Å². The average molecular weight is 482 g/mol. The van der Waals surface area contributed by atoms with Crippen molar-refractivity contribution in [1.29, 1.82) is 0 Å². The number of halogens is 1. The summed E-state index contributed by atoms with van der Waals surface area (Å²) in [7, 11) is 0. The quantitative estimate of drug-likeness (QED) is 0.217. The number of likely N-dealkylation sites (tertiary alicyclic amines) is 1. The van der Waals surface area contributed by atoms with Crippen LogP contribution in [-0.4, -0.2) is 75.5 Å². The zero-order valence-corrected chi connectivity index (χ0v) is 19.0. The smallest absolute Gasteiger partial charge is 0.191 e. The molecule has 7 heteroatoms. The molecule has 2 aliphatic rings. The maximum atomic E-state index is 5.78. The highest BCUT2D eigenvalue weighted by Gasteiger charge is 2.17. The molecule has 2 unspecified atom stereocenters. The highest BCUT2D eigenvalue weighted by molar-refractivity contribution is 14.0. The Bertz CT molecular complexity index is 379. The molecule has 0 aliphatic carbocycles. The van der Waals surface area contributed by atoms with Crippen LogP contribution in [0.15, 0.2) is 4.99 Å². The van der Waals surface area contributed by atoms with Crippen LogP contribution in [-0.2, 0) is 9.47 Å². The largest absolute Gasteiger partial charge is 0.379 e. The lowest BCUT2D eigenvalue weighted by Crippen LogP contribution is -2.41. The lowest BCUT2D eigenvalue weighted by molar-refractivity contribution is 0.0424. The third-order valence-corrected chi connectivity index (χ3v) is 5.01. The predicted molar refractivity (Wildman–Crippen MR) is 119 cm³/mol. The van der Waals surface area contributed by atoms with Crippen LogP contribution in [0, 0.1) is 0 Å². The van der Waals surface area contributed by atoms with Gasteiger partial charge in [0.1, 0.15) is 0 Å². The molecular weight excluding hydrogens is 443 g/mol. The summed E-state index contributed by atoms with van der Waals surface area (Å²) in [4.78, 5) is 7.27. The van der Waals surface area contributed by atoms with Gasteiger partial charge in [0.15, 0.2) is 5.96 Å². The summed E-state index contributed by atoms with van der Waals surface area (Å²) in [5, 5.41) is 6.78. The number of nitrogens with one attached hydrogen (secondary N) is 2. The van der Waals surface area contributed by atoms with Gasteiger partial charge in [-0.25, -0.2) is 0 Å². The molecule has 2 saturated heterocycles. The van der Waals surface area contributed by atoms with Crippen molar-refractivity contribution in [1.82, 2.24) is 15.5 Å². The minimum Gasteiger partial charge on any atom is -0.379 e. The number of rotatable bonds is 10. The van der Waals surface area contributed by atoms with Crippen LogP contribution < -0.4 is 10.6 Å². The van der Waals surface area contributed by atoms with Crippen LogP contribution in [0.1, 0.15) is 52.4 Å². The number of hydrogen-bond acceptors (Lipinski definition) is 4. The standard InChI is InChI=1S/C19H38N4O2.HI/c1-3-20-19(22-11-7-14-25-18-9-15-24-16-18)21-10-6-13-23-12-5-4-8-17(23)2;/h17-18H,3-16H2,1-2H3,(H2,20,21,22);1H. The zero-order chi connectivity index (χ0) is 17.7.